The minimum atomic E-state index is -1.22. The van der Waals surface area contributed by atoms with Gasteiger partial charge in [0.2, 0.25) is 0 Å². The summed E-state index contributed by atoms with van der Waals surface area (Å²) in [6.07, 6.45) is 0. The number of amides is 3. The smallest absolute Gasteiger partial charge is 0.273 e. The van der Waals surface area contributed by atoms with Gasteiger partial charge in [-0.3, -0.25) is 19.3 Å². The number of ether oxygens (including phenoxy) is 2. The SMILES string of the molecule is COCCNC(=O)[C@H](c1ccc(C)o1)N(C(=O)c1snc(C(N)=O)c1N)c1cccc(OC)c1. The van der Waals surface area contributed by atoms with Gasteiger partial charge in [-0.25, -0.2) is 0 Å². The van der Waals surface area contributed by atoms with Crippen LogP contribution in [0.3, 0.4) is 0 Å². The van der Waals surface area contributed by atoms with Crippen molar-refractivity contribution >= 4 is 40.6 Å². The Morgan fingerprint density at radius 2 is 2.00 bits per heavy atom. The molecule has 0 saturated carbocycles. The van der Waals surface area contributed by atoms with Crippen LogP contribution < -0.4 is 26.4 Å². The summed E-state index contributed by atoms with van der Waals surface area (Å²) in [5, 5.41) is 2.75. The van der Waals surface area contributed by atoms with Crippen LogP contribution in [0.15, 0.2) is 40.8 Å². The van der Waals surface area contributed by atoms with Gasteiger partial charge in [-0.05, 0) is 42.7 Å². The van der Waals surface area contributed by atoms with Gasteiger partial charge in [0.15, 0.2) is 11.7 Å². The number of aryl methyl sites for hydroxylation is 1. The number of nitrogens with one attached hydrogen (secondary N) is 1. The lowest BCUT2D eigenvalue weighted by molar-refractivity contribution is -0.123. The number of anilines is 2. The van der Waals surface area contributed by atoms with Crippen molar-refractivity contribution in [1.29, 1.82) is 0 Å². The van der Waals surface area contributed by atoms with Crippen LogP contribution in [-0.2, 0) is 9.53 Å². The lowest BCUT2D eigenvalue weighted by Gasteiger charge is -2.30. The normalized spacial score (nSPS) is 11.6. The molecule has 0 bridgehead atoms. The highest BCUT2D eigenvalue weighted by atomic mass is 32.1. The molecule has 11 nitrogen and oxygen atoms in total. The molecule has 2 aromatic heterocycles. The van der Waals surface area contributed by atoms with Crippen LogP contribution in [0.25, 0.3) is 0 Å². The molecule has 0 radical (unpaired) electrons. The van der Waals surface area contributed by atoms with E-state index < -0.39 is 23.8 Å². The van der Waals surface area contributed by atoms with Crippen LogP contribution in [0.1, 0.15) is 37.7 Å². The Kier molecular flexibility index (Phi) is 7.87. The Labute approximate surface area is 199 Å². The fraction of sp³-hybridized carbons (Fsp3) is 0.273. The van der Waals surface area contributed by atoms with Crippen molar-refractivity contribution in [3.8, 4) is 5.75 Å². The fourth-order valence-electron chi connectivity index (χ4n) is 3.23. The van der Waals surface area contributed by atoms with E-state index >= 15 is 0 Å². The molecule has 3 aromatic rings. The first kappa shape index (κ1) is 24.7. The minimum Gasteiger partial charge on any atom is -0.497 e. The van der Waals surface area contributed by atoms with E-state index in [1.54, 1.807) is 43.3 Å². The zero-order chi connectivity index (χ0) is 24.8. The zero-order valence-electron chi connectivity index (χ0n) is 18.9. The van der Waals surface area contributed by atoms with E-state index in [1.807, 2.05) is 0 Å². The van der Waals surface area contributed by atoms with E-state index in [9.17, 15) is 14.4 Å². The van der Waals surface area contributed by atoms with E-state index in [1.165, 1.54) is 19.1 Å². The van der Waals surface area contributed by atoms with Crippen molar-refractivity contribution in [3.05, 3.63) is 58.5 Å². The molecule has 2 heterocycles. The standard InChI is InChI=1S/C22H25N5O6S/c1-12-7-8-15(33-12)18(21(29)25-9-10-31-2)27(13-5-4-6-14(11-13)32-3)22(30)19-16(23)17(20(24)28)26-34-19/h4-8,11,18H,9-10,23H2,1-3H3,(H2,24,28)(H,25,29)/t18-/m0/s1. The number of carbonyl (C=O) groups is 3. The van der Waals surface area contributed by atoms with Crippen LogP contribution in [-0.4, -0.2) is 49.5 Å². The summed E-state index contributed by atoms with van der Waals surface area (Å²) in [4.78, 5) is 40.0. The third-order valence-corrected chi connectivity index (χ3v) is 5.70. The Morgan fingerprint density at radius 1 is 1.24 bits per heavy atom. The molecule has 3 amide bonds. The second-order valence-corrected chi connectivity index (χ2v) is 7.92. The maximum atomic E-state index is 13.8. The maximum absolute atomic E-state index is 13.8. The Balaban J connectivity index is 2.17. The summed E-state index contributed by atoms with van der Waals surface area (Å²) in [6.45, 7) is 2.20. The number of nitrogen functional groups attached to an aromatic ring is 1. The maximum Gasteiger partial charge on any atom is 0.273 e. The van der Waals surface area contributed by atoms with Crippen molar-refractivity contribution in [1.82, 2.24) is 9.69 Å². The molecule has 180 valence electrons. The number of hydrogen-bond donors (Lipinski definition) is 3. The average Bonchev–Trinajstić information content (AvgIpc) is 3.42. The van der Waals surface area contributed by atoms with Crippen molar-refractivity contribution < 1.29 is 28.3 Å². The van der Waals surface area contributed by atoms with Crippen LogP contribution in [0.2, 0.25) is 0 Å². The largest absolute Gasteiger partial charge is 0.497 e. The van der Waals surface area contributed by atoms with Gasteiger partial charge in [0.25, 0.3) is 17.7 Å². The number of hydrogen-bond acceptors (Lipinski definition) is 9. The minimum absolute atomic E-state index is 0.0467. The molecule has 0 fully saturated rings. The lowest BCUT2D eigenvalue weighted by atomic mass is 10.1. The van der Waals surface area contributed by atoms with Gasteiger partial charge in [0, 0.05) is 25.4 Å². The van der Waals surface area contributed by atoms with Gasteiger partial charge >= 0.3 is 0 Å². The van der Waals surface area contributed by atoms with Gasteiger partial charge in [0.1, 0.15) is 22.1 Å². The zero-order valence-corrected chi connectivity index (χ0v) is 19.7. The van der Waals surface area contributed by atoms with E-state index in [-0.39, 0.29) is 35.2 Å². The first-order valence-electron chi connectivity index (χ1n) is 10.1. The molecule has 5 N–H and O–H groups in total. The van der Waals surface area contributed by atoms with Gasteiger partial charge < -0.3 is 30.7 Å². The topological polar surface area (TPSA) is 163 Å². The first-order valence-corrected chi connectivity index (χ1v) is 10.9. The van der Waals surface area contributed by atoms with Crippen LogP contribution in [0.4, 0.5) is 11.4 Å². The van der Waals surface area contributed by atoms with Gasteiger partial charge in [-0.2, -0.15) is 4.37 Å². The predicted octanol–water partition coefficient (Wildman–Crippen LogP) is 1.88. The molecule has 1 atom stereocenters. The number of methoxy groups -OCH3 is 2. The summed E-state index contributed by atoms with van der Waals surface area (Å²) in [5.74, 6) is -0.814. The number of nitrogens with zero attached hydrogens (tertiary/aromatic N) is 2. The summed E-state index contributed by atoms with van der Waals surface area (Å²) < 4.78 is 20.0. The van der Waals surface area contributed by atoms with E-state index in [2.05, 4.69) is 9.69 Å². The first-order chi connectivity index (χ1) is 16.3. The number of benzene rings is 1. The summed E-state index contributed by atoms with van der Waals surface area (Å²) in [7, 11) is 2.99. The number of furan rings is 1. The molecule has 0 aliphatic heterocycles. The van der Waals surface area contributed by atoms with Crippen molar-refractivity contribution in [2.24, 2.45) is 5.73 Å². The van der Waals surface area contributed by atoms with Crippen LogP contribution in [0, 0.1) is 6.92 Å². The quantitative estimate of drug-likeness (QED) is 0.365. The molecule has 0 spiro atoms. The molecule has 34 heavy (non-hydrogen) atoms. The number of aromatic nitrogens is 1. The molecule has 0 saturated heterocycles. The number of nitrogens with two attached hydrogens (primary N) is 2. The lowest BCUT2D eigenvalue weighted by Crippen LogP contribution is -2.44. The molecular formula is C22H25N5O6S. The highest BCUT2D eigenvalue weighted by molar-refractivity contribution is 7.09. The third kappa shape index (κ3) is 5.18. The molecule has 1 aromatic carbocycles. The molecule has 0 unspecified atom stereocenters. The third-order valence-electron chi connectivity index (χ3n) is 4.85. The van der Waals surface area contributed by atoms with Crippen LogP contribution in [0.5, 0.6) is 5.75 Å². The van der Waals surface area contributed by atoms with Crippen LogP contribution >= 0.6 is 11.5 Å². The number of primary amides is 1. The van der Waals surface area contributed by atoms with Gasteiger partial charge in [-0.15, -0.1) is 0 Å². The van der Waals surface area contributed by atoms with Gasteiger partial charge in [-0.1, -0.05) is 6.07 Å². The second kappa shape index (κ2) is 10.8. The monoisotopic (exact) mass is 487 g/mol. The molecule has 12 heteroatoms. The number of carbonyl (C=O) groups excluding carboxylic acids is 3. The highest BCUT2D eigenvalue weighted by Crippen LogP contribution is 2.35. The predicted molar refractivity (Wildman–Crippen MR) is 126 cm³/mol. The van der Waals surface area contributed by atoms with E-state index in [0.29, 0.717) is 28.7 Å². The Morgan fingerprint density at radius 3 is 2.59 bits per heavy atom. The molecule has 0 aliphatic carbocycles. The second-order valence-electron chi connectivity index (χ2n) is 7.15. The molecular weight excluding hydrogens is 462 g/mol. The average molecular weight is 488 g/mol. The number of rotatable bonds is 10. The Hall–Kier alpha value is -3.90. The van der Waals surface area contributed by atoms with E-state index in [4.69, 9.17) is 25.4 Å². The fourth-order valence-corrected chi connectivity index (χ4v) is 3.97. The Bertz CT molecular complexity index is 1190. The van der Waals surface area contributed by atoms with E-state index in [0.717, 1.165) is 0 Å². The summed E-state index contributed by atoms with van der Waals surface area (Å²) >= 11 is 0.716. The van der Waals surface area contributed by atoms with Crippen molar-refractivity contribution in [2.45, 2.75) is 13.0 Å². The van der Waals surface area contributed by atoms with Crippen molar-refractivity contribution in [3.63, 3.8) is 0 Å². The molecule has 0 aliphatic rings. The van der Waals surface area contributed by atoms with Gasteiger partial charge in [0.05, 0.1) is 19.4 Å². The summed E-state index contributed by atoms with van der Waals surface area (Å²) in [6, 6.07) is 8.68. The highest BCUT2D eigenvalue weighted by Gasteiger charge is 2.37. The molecule has 3 rings (SSSR count). The summed E-state index contributed by atoms with van der Waals surface area (Å²) in [5.41, 5.74) is 11.3. The van der Waals surface area contributed by atoms with Crippen molar-refractivity contribution in [2.75, 3.05) is 38.0 Å².